The van der Waals surface area contributed by atoms with E-state index in [1.54, 1.807) is 14.1 Å². The highest BCUT2D eigenvalue weighted by Crippen LogP contribution is 2.37. The number of benzene rings is 2. The molecule has 0 fully saturated rings. The van der Waals surface area contributed by atoms with Crippen molar-refractivity contribution in [3.8, 4) is 0 Å². The van der Waals surface area contributed by atoms with Crippen molar-refractivity contribution in [3.05, 3.63) is 69.8 Å². The first kappa shape index (κ1) is 20.0. The molecule has 0 spiro atoms. The third-order valence-corrected chi connectivity index (χ3v) is 3.59. The van der Waals surface area contributed by atoms with Crippen molar-refractivity contribution >= 4 is 29.0 Å². The second-order valence-electron chi connectivity index (χ2n) is 5.80. The van der Waals surface area contributed by atoms with Gasteiger partial charge in [0.15, 0.2) is 0 Å². The van der Waals surface area contributed by atoms with Crippen molar-refractivity contribution in [1.29, 1.82) is 0 Å². The van der Waals surface area contributed by atoms with E-state index >= 15 is 0 Å². The number of carbonyl (C=O) groups excluding carboxylic acids is 1. The lowest BCUT2D eigenvalue weighted by molar-refractivity contribution is -0.384. The van der Waals surface area contributed by atoms with Crippen LogP contribution in [0.25, 0.3) is 6.08 Å². The number of amides is 1. The standard InChI is InChI=1S/C18H16F3N3O3/c1-23(2)13-7-8-16(15(11-13)18(19,20)21)22-17(25)9-6-12-4-3-5-14(10-12)24(26)27/h3-11H,1-2H3,(H,22,25)/b9-6+. The van der Waals surface area contributed by atoms with Crippen molar-refractivity contribution in [3.63, 3.8) is 0 Å². The Labute approximate surface area is 153 Å². The molecule has 0 radical (unpaired) electrons. The molecule has 2 aromatic rings. The van der Waals surface area contributed by atoms with Gasteiger partial charge in [-0.15, -0.1) is 0 Å². The molecule has 0 heterocycles. The number of non-ortho nitro benzene ring substituents is 1. The largest absolute Gasteiger partial charge is 0.418 e. The van der Waals surface area contributed by atoms with Gasteiger partial charge in [-0.2, -0.15) is 13.2 Å². The van der Waals surface area contributed by atoms with E-state index in [1.165, 1.54) is 47.4 Å². The van der Waals surface area contributed by atoms with E-state index in [9.17, 15) is 28.1 Å². The van der Waals surface area contributed by atoms with Crippen LogP contribution >= 0.6 is 0 Å². The maximum absolute atomic E-state index is 13.3. The highest BCUT2D eigenvalue weighted by molar-refractivity contribution is 6.02. The number of nitro benzene ring substituents is 1. The molecule has 27 heavy (non-hydrogen) atoms. The summed E-state index contributed by atoms with van der Waals surface area (Å²) in [6, 6.07) is 9.09. The average Bonchev–Trinajstić information content (AvgIpc) is 2.59. The summed E-state index contributed by atoms with van der Waals surface area (Å²) in [5.41, 5.74) is -0.783. The number of nitrogens with one attached hydrogen (secondary N) is 1. The lowest BCUT2D eigenvalue weighted by atomic mass is 10.1. The van der Waals surface area contributed by atoms with E-state index in [1.807, 2.05) is 0 Å². The topological polar surface area (TPSA) is 75.5 Å². The van der Waals surface area contributed by atoms with Crippen molar-refractivity contribution in [1.82, 2.24) is 0 Å². The first-order valence-corrected chi connectivity index (χ1v) is 7.70. The molecule has 1 amide bonds. The molecule has 2 rings (SSSR count). The van der Waals surface area contributed by atoms with Crippen molar-refractivity contribution in [2.24, 2.45) is 0 Å². The van der Waals surface area contributed by atoms with Crippen LogP contribution in [0.1, 0.15) is 11.1 Å². The summed E-state index contributed by atoms with van der Waals surface area (Å²) < 4.78 is 39.8. The molecule has 0 aliphatic rings. The van der Waals surface area contributed by atoms with E-state index in [0.29, 0.717) is 11.3 Å². The van der Waals surface area contributed by atoms with Gasteiger partial charge in [-0.1, -0.05) is 12.1 Å². The predicted octanol–water partition coefficient (Wildman–Crippen LogP) is 4.33. The molecule has 2 aromatic carbocycles. The summed E-state index contributed by atoms with van der Waals surface area (Å²) in [6.45, 7) is 0. The second-order valence-corrected chi connectivity index (χ2v) is 5.80. The van der Waals surface area contributed by atoms with Crippen LogP contribution in [-0.4, -0.2) is 24.9 Å². The summed E-state index contributed by atoms with van der Waals surface area (Å²) >= 11 is 0. The zero-order valence-electron chi connectivity index (χ0n) is 14.4. The monoisotopic (exact) mass is 379 g/mol. The molecule has 0 saturated carbocycles. The summed E-state index contributed by atoms with van der Waals surface area (Å²) in [5, 5.41) is 12.9. The fourth-order valence-corrected chi connectivity index (χ4v) is 2.24. The van der Waals surface area contributed by atoms with Crippen molar-refractivity contribution in [2.75, 3.05) is 24.3 Å². The number of halogens is 3. The predicted molar refractivity (Wildman–Crippen MR) is 96.5 cm³/mol. The van der Waals surface area contributed by atoms with Crippen LogP contribution in [0.15, 0.2) is 48.5 Å². The Morgan fingerprint density at radius 1 is 1.19 bits per heavy atom. The number of anilines is 2. The SMILES string of the molecule is CN(C)c1ccc(NC(=O)/C=C/c2cccc([N+](=O)[O-])c2)c(C(F)(F)F)c1. The van der Waals surface area contributed by atoms with Gasteiger partial charge in [0.05, 0.1) is 16.2 Å². The quantitative estimate of drug-likeness (QED) is 0.477. The Kier molecular flexibility index (Phi) is 5.84. The minimum atomic E-state index is -4.64. The number of hydrogen-bond donors (Lipinski definition) is 1. The van der Waals surface area contributed by atoms with E-state index < -0.39 is 22.6 Å². The van der Waals surface area contributed by atoms with Gasteiger partial charge in [0, 0.05) is 38.0 Å². The number of carbonyl (C=O) groups is 1. The second kappa shape index (κ2) is 7.90. The summed E-state index contributed by atoms with van der Waals surface area (Å²) in [6.07, 6.45) is -2.35. The van der Waals surface area contributed by atoms with Crippen LogP contribution in [-0.2, 0) is 11.0 Å². The molecular formula is C18H16F3N3O3. The highest BCUT2D eigenvalue weighted by atomic mass is 19.4. The van der Waals surface area contributed by atoms with Gasteiger partial charge in [0.2, 0.25) is 5.91 Å². The van der Waals surface area contributed by atoms with Crippen LogP contribution in [0.4, 0.5) is 30.2 Å². The molecule has 6 nitrogen and oxygen atoms in total. The van der Waals surface area contributed by atoms with Gasteiger partial charge < -0.3 is 10.2 Å². The molecule has 9 heteroatoms. The maximum Gasteiger partial charge on any atom is 0.418 e. The van der Waals surface area contributed by atoms with Crippen molar-refractivity contribution in [2.45, 2.75) is 6.18 Å². The average molecular weight is 379 g/mol. The van der Waals surface area contributed by atoms with Gasteiger partial charge in [0.25, 0.3) is 5.69 Å². The number of nitrogens with zero attached hydrogens (tertiary/aromatic N) is 2. The fourth-order valence-electron chi connectivity index (χ4n) is 2.24. The van der Waals surface area contributed by atoms with E-state index in [2.05, 4.69) is 5.32 Å². The van der Waals surface area contributed by atoms with Crippen LogP contribution in [0, 0.1) is 10.1 Å². The molecule has 0 aliphatic carbocycles. The number of nitro groups is 1. The molecule has 0 atom stereocenters. The van der Waals surface area contributed by atoms with Crippen LogP contribution in [0.3, 0.4) is 0 Å². The van der Waals surface area contributed by atoms with Crippen molar-refractivity contribution < 1.29 is 22.9 Å². The summed E-state index contributed by atoms with van der Waals surface area (Å²) in [5.74, 6) is -0.787. The Morgan fingerprint density at radius 3 is 2.48 bits per heavy atom. The van der Waals surface area contributed by atoms with Gasteiger partial charge in [0.1, 0.15) is 0 Å². The van der Waals surface area contributed by atoms with E-state index in [-0.39, 0.29) is 11.4 Å². The lowest BCUT2D eigenvalue weighted by Crippen LogP contribution is -2.16. The fraction of sp³-hybridized carbons (Fsp3) is 0.167. The van der Waals surface area contributed by atoms with Crippen LogP contribution < -0.4 is 10.2 Å². The molecule has 142 valence electrons. The minimum absolute atomic E-state index is 0.156. The molecule has 0 bridgehead atoms. The molecular weight excluding hydrogens is 363 g/mol. The van der Waals surface area contributed by atoms with Gasteiger partial charge in [-0.05, 0) is 29.8 Å². The Balaban J connectivity index is 2.22. The smallest absolute Gasteiger partial charge is 0.378 e. The van der Waals surface area contributed by atoms with Gasteiger partial charge in [-0.25, -0.2) is 0 Å². The molecule has 0 unspecified atom stereocenters. The van der Waals surface area contributed by atoms with E-state index in [0.717, 1.165) is 12.1 Å². The minimum Gasteiger partial charge on any atom is -0.378 e. The highest BCUT2D eigenvalue weighted by Gasteiger charge is 2.34. The van der Waals surface area contributed by atoms with Crippen LogP contribution in [0.5, 0.6) is 0 Å². The van der Waals surface area contributed by atoms with Gasteiger partial charge >= 0.3 is 6.18 Å². The zero-order valence-corrected chi connectivity index (χ0v) is 14.4. The third-order valence-electron chi connectivity index (χ3n) is 3.59. The maximum atomic E-state index is 13.3. The summed E-state index contributed by atoms with van der Waals surface area (Å²) in [7, 11) is 3.21. The molecule has 0 saturated heterocycles. The first-order chi connectivity index (χ1) is 12.6. The Hall–Kier alpha value is -3.36. The normalized spacial score (nSPS) is 11.4. The Morgan fingerprint density at radius 2 is 1.89 bits per heavy atom. The Bertz CT molecular complexity index is 893. The number of alkyl halides is 3. The first-order valence-electron chi connectivity index (χ1n) is 7.70. The van der Waals surface area contributed by atoms with E-state index in [4.69, 9.17) is 0 Å². The summed E-state index contributed by atoms with van der Waals surface area (Å²) in [4.78, 5) is 23.7. The molecule has 0 aliphatic heterocycles. The zero-order chi connectivity index (χ0) is 20.2. The van der Waals surface area contributed by atoms with Crippen LogP contribution in [0.2, 0.25) is 0 Å². The number of hydrogen-bond acceptors (Lipinski definition) is 4. The van der Waals surface area contributed by atoms with Gasteiger partial charge in [-0.3, -0.25) is 14.9 Å². The number of rotatable bonds is 5. The lowest BCUT2D eigenvalue weighted by Gasteiger charge is -2.18. The molecule has 0 aromatic heterocycles. The third kappa shape index (κ3) is 5.30. The molecule has 1 N–H and O–H groups in total.